The second kappa shape index (κ2) is 4.27. The lowest BCUT2D eigenvalue weighted by Gasteiger charge is -2.01. The largest absolute Gasteiger partial charge is 0.472 e. The van der Waals surface area contributed by atoms with Crippen molar-refractivity contribution in [3.8, 4) is 11.4 Å². The minimum Gasteiger partial charge on any atom is -0.472 e. The van der Waals surface area contributed by atoms with Crippen LogP contribution in [0.2, 0.25) is 0 Å². The van der Waals surface area contributed by atoms with Gasteiger partial charge in [-0.3, -0.25) is 0 Å². The average Bonchev–Trinajstić information content (AvgIpc) is 2.85. The fraction of sp³-hybridized carbons (Fsp3) is 0.400. The molecule has 2 heterocycles. The summed E-state index contributed by atoms with van der Waals surface area (Å²) in [5.74, 6) is 1.52. The van der Waals surface area contributed by atoms with Gasteiger partial charge in [-0.1, -0.05) is 12.1 Å². The van der Waals surface area contributed by atoms with Gasteiger partial charge in [0.1, 0.15) is 6.26 Å². The van der Waals surface area contributed by atoms with Crippen molar-refractivity contribution in [3.05, 3.63) is 24.5 Å². The zero-order chi connectivity index (χ0) is 10.7. The molecule has 0 amide bonds. The standard InChI is InChI=1S/C10H13N3O2/c1-7(5-11)4-9-12-10(13-15-9)8-2-3-14-6-8/h2-3,6-7H,4-5,11H2,1H3. The predicted octanol–water partition coefficient (Wildman–Crippen LogP) is 1.47. The van der Waals surface area contributed by atoms with E-state index in [2.05, 4.69) is 10.1 Å². The van der Waals surface area contributed by atoms with Gasteiger partial charge in [0.2, 0.25) is 11.7 Å². The summed E-state index contributed by atoms with van der Waals surface area (Å²) in [6.07, 6.45) is 3.87. The number of hydrogen-bond donors (Lipinski definition) is 1. The molecule has 0 bridgehead atoms. The molecule has 1 atom stereocenters. The van der Waals surface area contributed by atoms with Crippen LogP contribution in [0.25, 0.3) is 11.4 Å². The molecule has 0 spiro atoms. The highest BCUT2D eigenvalue weighted by molar-refractivity contribution is 5.51. The lowest BCUT2D eigenvalue weighted by atomic mass is 10.1. The van der Waals surface area contributed by atoms with E-state index in [1.165, 1.54) is 0 Å². The predicted molar refractivity (Wildman–Crippen MR) is 53.9 cm³/mol. The van der Waals surface area contributed by atoms with E-state index in [0.29, 0.717) is 30.6 Å². The summed E-state index contributed by atoms with van der Waals surface area (Å²) in [7, 11) is 0. The average molecular weight is 207 g/mol. The number of nitrogens with two attached hydrogens (primary N) is 1. The fourth-order valence-electron chi connectivity index (χ4n) is 1.23. The van der Waals surface area contributed by atoms with E-state index in [9.17, 15) is 0 Å². The van der Waals surface area contributed by atoms with Gasteiger partial charge in [-0.15, -0.1) is 0 Å². The van der Waals surface area contributed by atoms with Crippen molar-refractivity contribution >= 4 is 0 Å². The van der Waals surface area contributed by atoms with E-state index in [0.717, 1.165) is 5.56 Å². The Balaban J connectivity index is 2.11. The highest BCUT2D eigenvalue weighted by Gasteiger charge is 2.11. The van der Waals surface area contributed by atoms with Crippen molar-refractivity contribution in [3.63, 3.8) is 0 Å². The third-order valence-electron chi connectivity index (χ3n) is 2.17. The second-order valence-electron chi connectivity index (χ2n) is 3.57. The Bertz CT molecular complexity index is 408. The molecule has 2 N–H and O–H groups in total. The molecule has 0 aromatic carbocycles. The van der Waals surface area contributed by atoms with Crippen LogP contribution in [-0.2, 0) is 6.42 Å². The third-order valence-corrected chi connectivity index (χ3v) is 2.17. The van der Waals surface area contributed by atoms with Crippen LogP contribution >= 0.6 is 0 Å². The Hall–Kier alpha value is -1.62. The smallest absolute Gasteiger partial charge is 0.227 e. The summed E-state index contributed by atoms with van der Waals surface area (Å²) in [5.41, 5.74) is 6.34. The van der Waals surface area contributed by atoms with Crippen molar-refractivity contribution in [1.82, 2.24) is 10.1 Å². The number of aromatic nitrogens is 2. The Morgan fingerprint density at radius 3 is 3.07 bits per heavy atom. The van der Waals surface area contributed by atoms with Gasteiger partial charge < -0.3 is 14.7 Å². The van der Waals surface area contributed by atoms with Crippen LogP contribution in [0, 0.1) is 5.92 Å². The van der Waals surface area contributed by atoms with Gasteiger partial charge in [-0.05, 0) is 18.5 Å². The van der Waals surface area contributed by atoms with Crippen molar-refractivity contribution < 1.29 is 8.94 Å². The molecule has 0 aliphatic heterocycles. The maximum atomic E-state index is 5.52. The third kappa shape index (κ3) is 2.24. The molecular weight excluding hydrogens is 194 g/mol. The van der Waals surface area contributed by atoms with Crippen LogP contribution in [0.5, 0.6) is 0 Å². The minimum absolute atomic E-state index is 0.350. The fourth-order valence-corrected chi connectivity index (χ4v) is 1.23. The van der Waals surface area contributed by atoms with Crippen LogP contribution in [0.4, 0.5) is 0 Å². The first-order valence-electron chi connectivity index (χ1n) is 4.85. The first-order chi connectivity index (χ1) is 7.29. The van der Waals surface area contributed by atoms with Crippen LogP contribution in [0.15, 0.2) is 27.5 Å². The normalized spacial score (nSPS) is 12.9. The first kappa shape index (κ1) is 9.92. The van der Waals surface area contributed by atoms with E-state index in [-0.39, 0.29) is 0 Å². The van der Waals surface area contributed by atoms with Crippen molar-refractivity contribution in [2.75, 3.05) is 6.54 Å². The number of hydrogen-bond acceptors (Lipinski definition) is 5. The van der Waals surface area contributed by atoms with E-state index < -0.39 is 0 Å². The molecule has 2 aromatic heterocycles. The molecule has 15 heavy (non-hydrogen) atoms. The summed E-state index contributed by atoms with van der Waals surface area (Å²) >= 11 is 0. The van der Waals surface area contributed by atoms with Crippen LogP contribution in [-0.4, -0.2) is 16.7 Å². The SMILES string of the molecule is CC(CN)Cc1nc(-c2ccoc2)no1. The summed E-state index contributed by atoms with van der Waals surface area (Å²) in [6, 6.07) is 1.79. The molecule has 0 saturated carbocycles. The van der Waals surface area contributed by atoms with E-state index in [1.54, 1.807) is 18.6 Å². The molecule has 0 aliphatic carbocycles. The van der Waals surface area contributed by atoms with Gasteiger partial charge in [0.25, 0.3) is 0 Å². The van der Waals surface area contributed by atoms with E-state index >= 15 is 0 Å². The Labute approximate surface area is 87.3 Å². The maximum absolute atomic E-state index is 5.52. The summed E-state index contributed by atoms with van der Waals surface area (Å²) in [4.78, 5) is 4.25. The lowest BCUT2D eigenvalue weighted by Crippen LogP contribution is -2.13. The number of rotatable bonds is 4. The van der Waals surface area contributed by atoms with Gasteiger partial charge >= 0.3 is 0 Å². The monoisotopic (exact) mass is 207 g/mol. The highest BCUT2D eigenvalue weighted by atomic mass is 16.5. The van der Waals surface area contributed by atoms with E-state index in [4.69, 9.17) is 14.7 Å². The summed E-state index contributed by atoms with van der Waals surface area (Å²) in [5, 5.41) is 3.86. The van der Waals surface area contributed by atoms with Gasteiger partial charge in [0.05, 0.1) is 11.8 Å². The van der Waals surface area contributed by atoms with Gasteiger partial charge in [0.15, 0.2) is 0 Å². The van der Waals surface area contributed by atoms with Gasteiger partial charge in [-0.25, -0.2) is 0 Å². The van der Waals surface area contributed by atoms with Gasteiger partial charge in [-0.2, -0.15) is 4.98 Å². The van der Waals surface area contributed by atoms with Crippen molar-refractivity contribution in [2.24, 2.45) is 11.7 Å². The Kier molecular flexibility index (Phi) is 2.82. The molecule has 5 nitrogen and oxygen atoms in total. The zero-order valence-electron chi connectivity index (χ0n) is 8.51. The summed E-state index contributed by atoms with van der Waals surface area (Å²) in [6.45, 7) is 2.66. The Morgan fingerprint density at radius 2 is 2.40 bits per heavy atom. The Morgan fingerprint density at radius 1 is 1.53 bits per heavy atom. The zero-order valence-corrected chi connectivity index (χ0v) is 8.51. The van der Waals surface area contributed by atoms with Crippen LogP contribution in [0.3, 0.4) is 0 Å². The van der Waals surface area contributed by atoms with Crippen LogP contribution in [0.1, 0.15) is 12.8 Å². The number of furan rings is 1. The van der Waals surface area contributed by atoms with E-state index in [1.807, 2.05) is 6.92 Å². The van der Waals surface area contributed by atoms with Crippen molar-refractivity contribution in [1.29, 1.82) is 0 Å². The van der Waals surface area contributed by atoms with Crippen molar-refractivity contribution in [2.45, 2.75) is 13.3 Å². The topological polar surface area (TPSA) is 78.1 Å². The minimum atomic E-state index is 0.350. The molecule has 2 rings (SSSR count). The number of nitrogens with zero attached hydrogens (tertiary/aromatic N) is 2. The first-order valence-corrected chi connectivity index (χ1v) is 4.85. The molecular formula is C10H13N3O2. The molecule has 1 unspecified atom stereocenters. The molecule has 0 saturated heterocycles. The molecule has 5 heteroatoms. The molecule has 0 aliphatic rings. The van der Waals surface area contributed by atoms with Crippen LogP contribution < -0.4 is 5.73 Å². The lowest BCUT2D eigenvalue weighted by molar-refractivity contribution is 0.359. The molecule has 80 valence electrons. The molecule has 0 fully saturated rings. The molecule has 2 aromatic rings. The van der Waals surface area contributed by atoms with Gasteiger partial charge in [0, 0.05) is 6.42 Å². The quantitative estimate of drug-likeness (QED) is 0.821. The second-order valence-corrected chi connectivity index (χ2v) is 3.57. The summed E-state index contributed by atoms with van der Waals surface area (Å²) < 4.78 is 10.0. The molecule has 0 radical (unpaired) electrons. The highest BCUT2D eigenvalue weighted by Crippen LogP contribution is 2.16. The maximum Gasteiger partial charge on any atom is 0.227 e.